The summed E-state index contributed by atoms with van der Waals surface area (Å²) in [6.07, 6.45) is 4.53. The molecule has 0 spiro atoms. The molecule has 1 rings (SSSR count). The van der Waals surface area contributed by atoms with Crippen molar-refractivity contribution in [1.82, 2.24) is 4.98 Å². The summed E-state index contributed by atoms with van der Waals surface area (Å²) >= 11 is 0. The van der Waals surface area contributed by atoms with E-state index in [1.54, 1.807) is 12.4 Å². The van der Waals surface area contributed by atoms with Crippen LogP contribution in [-0.2, 0) is 6.61 Å². The highest BCUT2D eigenvalue weighted by Crippen LogP contribution is 2.27. The zero-order chi connectivity index (χ0) is 11.5. The first-order chi connectivity index (χ1) is 7.03. The van der Waals surface area contributed by atoms with Gasteiger partial charge in [0.2, 0.25) is 0 Å². The van der Waals surface area contributed by atoms with Gasteiger partial charge >= 0.3 is 0 Å². The molecule has 0 aliphatic heterocycles. The predicted molar refractivity (Wildman–Crippen MR) is 62.9 cm³/mol. The molecule has 0 unspecified atom stereocenters. The number of hydrogen-bond donors (Lipinski definition) is 1. The van der Waals surface area contributed by atoms with Crippen LogP contribution in [0, 0.1) is 0 Å². The highest BCUT2D eigenvalue weighted by molar-refractivity contribution is 5.53. The average Bonchev–Trinajstić information content (AvgIpc) is 2.28. The summed E-state index contributed by atoms with van der Waals surface area (Å²) < 4.78 is 0. The third-order valence-corrected chi connectivity index (χ3v) is 3.18. The minimum Gasteiger partial charge on any atom is -0.392 e. The molecule has 1 N–H and O–H groups in total. The summed E-state index contributed by atoms with van der Waals surface area (Å²) in [5, 5.41) is 9.24. The maximum absolute atomic E-state index is 9.24. The Morgan fingerprint density at radius 1 is 1.47 bits per heavy atom. The van der Waals surface area contributed by atoms with Crippen molar-refractivity contribution >= 4 is 5.69 Å². The highest BCUT2D eigenvalue weighted by atomic mass is 16.3. The molecule has 84 valence electrons. The number of hydrogen-bond acceptors (Lipinski definition) is 3. The second kappa shape index (κ2) is 4.62. The van der Waals surface area contributed by atoms with Crippen LogP contribution < -0.4 is 4.90 Å². The van der Waals surface area contributed by atoms with Crippen molar-refractivity contribution in [3.05, 3.63) is 24.0 Å². The van der Waals surface area contributed by atoms with Crippen LogP contribution in [0.2, 0.25) is 0 Å². The number of rotatable bonds is 4. The van der Waals surface area contributed by atoms with E-state index in [1.165, 1.54) is 0 Å². The molecule has 1 heterocycles. The van der Waals surface area contributed by atoms with Gasteiger partial charge in [0.05, 0.1) is 6.61 Å². The van der Waals surface area contributed by atoms with Gasteiger partial charge < -0.3 is 10.0 Å². The Hall–Kier alpha value is -1.09. The molecular formula is C12H20N2O. The number of pyridine rings is 1. The van der Waals surface area contributed by atoms with Crippen LogP contribution in [0.5, 0.6) is 0 Å². The Morgan fingerprint density at radius 3 is 2.67 bits per heavy atom. The third-order valence-electron chi connectivity index (χ3n) is 3.18. The molecule has 1 aromatic heterocycles. The first-order valence-electron chi connectivity index (χ1n) is 5.30. The highest BCUT2D eigenvalue weighted by Gasteiger charge is 2.22. The molecule has 0 aromatic carbocycles. The van der Waals surface area contributed by atoms with Gasteiger partial charge in [0.1, 0.15) is 0 Å². The SMILES string of the molecule is CCC(C)(C)N(C)c1ccncc1CO. The quantitative estimate of drug-likeness (QED) is 0.824. The Bertz CT molecular complexity index is 323. The van der Waals surface area contributed by atoms with Gasteiger partial charge in [-0.2, -0.15) is 0 Å². The summed E-state index contributed by atoms with van der Waals surface area (Å²) in [6, 6.07) is 1.95. The zero-order valence-corrected chi connectivity index (χ0v) is 9.99. The lowest BCUT2D eigenvalue weighted by molar-refractivity contribution is 0.281. The minimum atomic E-state index is 0.0350. The molecule has 0 amide bonds. The minimum absolute atomic E-state index is 0.0350. The van der Waals surface area contributed by atoms with Gasteiger partial charge in [-0.25, -0.2) is 0 Å². The van der Waals surface area contributed by atoms with Crippen molar-refractivity contribution < 1.29 is 5.11 Å². The molecule has 1 aromatic rings. The summed E-state index contributed by atoms with van der Waals surface area (Å²) in [7, 11) is 2.05. The molecule has 0 atom stereocenters. The summed E-state index contributed by atoms with van der Waals surface area (Å²) in [4.78, 5) is 6.21. The monoisotopic (exact) mass is 208 g/mol. The molecule has 15 heavy (non-hydrogen) atoms. The Morgan fingerprint density at radius 2 is 2.13 bits per heavy atom. The number of aromatic nitrogens is 1. The lowest BCUT2D eigenvalue weighted by Crippen LogP contribution is -2.41. The Kier molecular flexibility index (Phi) is 3.69. The molecule has 3 nitrogen and oxygen atoms in total. The number of aliphatic hydroxyl groups is 1. The van der Waals surface area contributed by atoms with Gasteiger partial charge in [-0.15, -0.1) is 0 Å². The van der Waals surface area contributed by atoms with E-state index in [-0.39, 0.29) is 12.1 Å². The largest absolute Gasteiger partial charge is 0.392 e. The fourth-order valence-corrected chi connectivity index (χ4v) is 1.43. The number of anilines is 1. The summed E-state index contributed by atoms with van der Waals surface area (Å²) in [6.45, 7) is 6.58. The molecule has 0 aliphatic rings. The van der Waals surface area contributed by atoms with Gasteiger partial charge in [-0.05, 0) is 26.3 Å². The van der Waals surface area contributed by atoms with Crippen molar-refractivity contribution in [3.8, 4) is 0 Å². The van der Waals surface area contributed by atoms with E-state index in [4.69, 9.17) is 0 Å². The fourth-order valence-electron chi connectivity index (χ4n) is 1.43. The van der Waals surface area contributed by atoms with Crippen LogP contribution in [0.25, 0.3) is 0 Å². The van der Waals surface area contributed by atoms with E-state index in [0.29, 0.717) is 0 Å². The lowest BCUT2D eigenvalue weighted by Gasteiger charge is -2.37. The van der Waals surface area contributed by atoms with Crippen molar-refractivity contribution in [3.63, 3.8) is 0 Å². The second-order valence-electron chi connectivity index (χ2n) is 4.39. The van der Waals surface area contributed by atoms with Gasteiger partial charge in [-0.1, -0.05) is 6.92 Å². The zero-order valence-electron chi connectivity index (χ0n) is 9.99. The van der Waals surface area contributed by atoms with Gasteiger partial charge in [0.15, 0.2) is 0 Å². The molecule has 0 aliphatic carbocycles. The molecule has 0 saturated heterocycles. The third kappa shape index (κ3) is 2.48. The molecular weight excluding hydrogens is 188 g/mol. The fraction of sp³-hybridized carbons (Fsp3) is 0.583. The van der Waals surface area contributed by atoms with E-state index >= 15 is 0 Å². The van der Waals surface area contributed by atoms with Crippen molar-refractivity contribution in [2.24, 2.45) is 0 Å². The molecule has 0 saturated carbocycles. The predicted octanol–water partition coefficient (Wildman–Crippen LogP) is 2.20. The van der Waals surface area contributed by atoms with E-state index in [0.717, 1.165) is 17.7 Å². The topological polar surface area (TPSA) is 36.4 Å². The first-order valence-corrected chi connectivity index (χ1v) is 5.30. The maximum Gasteiger partial charge on any atom is 0.0717 e. The Labute approximate surface area is 91.8 Å². The number of nitrogens with zero attached hydrogens (tertiary/aromatic N) is 2. The van der Waals surface area contributed by atoms with Crippen LogP contribution in [0.15, 0.2) is 18.5 Å². The van der Waals surface area contributed by atoms with Crippen LogP contribution in [0.4, 0.5) is 5.69 Å². The van der Waals surface area contributed by atoms with Crippen LogP contribution in [0.3, 0.4) is 0 Å². The molecule has 0 radical (unpaired) electrons. The van der Waals surface area contributed by atoms with Gasteiger partial charge in [-0.3, -0.25) is 4.98 Å². The van der Waals surface area contributed by atoms with Crippen molar-refractivity contribution in [2.75, 3.05) is 11.9 Å². The first kappa shape index (κ1) is 12.0. The molecule has 0 bridgehead atoms. The number of aliphatic hydroxyl groups excluding tert-OH is 1. The smallest absolute Gasteiger partial charge is 0.0717 e. The Balaban J connectivity index is 3.05. The normalized spacial score (nSPS) is 11.5. The average molecular weight is 208 g/mol. The maximum atomic E-state index is 9.24. The van der Waals surface area contributed by atoms with Crippen molar-refractivity contribution in [1.29, 1.82) is 0 Å². The van der Waals surface area contributed by atoms with Crippen molar-refractivity contribution in [2.45, 2.75) is 39.3 Å². The van der Waals surface area contributed by atoms with E-state index in [9.17, 15) is 5.11 Å². The molecule has 3 heteroatoms. The van der Waals surface area contributed by atoms with E-state index in [2.05, 4.69) is 37.7 Å². The van der Waals surface area contributed by atoms with Gasteiger partial charge in [0, 0.05) is 36.2 Å². The van der Waals surface area contributed by atoms with E-state index < -0.39 is 0 Å². The second-order valence-corrected chi connectivity index (χ2v) is 4.39. The summed E-state index contributed by atoms with van der Waals surface area (Å²) in [5.74, 6) is 0. The van der Waals surface area contributed by atoms with Crippen LogP contribution in [-0.4, -0.2) is 22.7 Å². The van der Waals surface area contributed by atoms with Crippen LogP contribution in [0.1, 0.15) is 32.8 Å². The van der Waals surface area contributed by atoms with Crippen LogP contribution >= 0.6 is 0 Å². The molecule has 0 fully saturated rings. The van der Waals surface area contributed by atoms with Gasteiger partial charge in [0.25, 0.3) is 0 Å². The summed E-state index contributed by atoms with van der Waals surface area (Å²) in [5.41, 5.74) is 2.02. The standard InChI is InChI=1S/C12H20N2O/c1-5-12(2,3)14(4)11-6-7-13-8-10(11)9-15/h6-8,15H,5,9H2,1-4H3. The van der Waals surface area contributed by atoms with E-state index in [1.807, 2.05) is 6.07 Å². The lowest BCUT2D eigenvalue weighted by atomic mass is 9.98.